The van der Waals surface area contributed by atoms with Crippen molar-refractivity contribution in [2.75, 3.05) is 19.7 Å². The molecule has 0 unspecified atom stereocenters. The molecule has 2 aromatic rings. The van der Waals surface area contributed by atoms with Crippen molar-refractivity contribution in [2.24, 2.45) is 0 Å². The number of nitrogens with zero attached hydrogens (tertiary/aromatic N) is 3. The minimum Gasteiger partial charge on any atom is -0.482 e. The smallest absolute Gasteiger partial charge is 0.260 e. The number of hydrogen-bond donors (Lipinski definition) is 0. The molecule has 0 spiro atoms. The minimum absolute atomic E-state index is 0.108. The van der Waals surface area contributed by atoms with Crippen molar-refractivity contribution in [1.82, 2.24) is 9.88 Å². The zero-order valence-corrected chi connectivity index (χ0v) is 14.5. The number of likely N-dealkylation sites (tertiary alicyclic amines) is 1. The molecule has 8 heteroatoms. The average Bonchev–Trinajstić information content (AvgIpc) is 2.57. The van der Waals surface area contributed by atoms with E-state index in [1.165, 1.54) is 6.20 Å². The Hall–Kier alpha value is -2.49. The highest BCUT2D eigenvalue weighted by Crippen LogP contribution is 2.27. The first-order valence-corrected chi connectivity index (χ1v) is 8.19. The third-order valence-electron chi connectivity index (χ3n) is 3.60. The Kier molecular flexibility index (Phi) is 5.27. The standard InChI is InChI=1S/C17H13Cl2N3O3/c18-12-2-3-15(14(19)5-12)24-10-17(23)22-8-13(9-22)25-16-4-1-11(6-20)7-21-16/h1-5,7,13H,8-10H2. The summed E-state index contributed by atoms with van der Waals surface area (Å²) in [7, 11) is 0. The highest BCUT2D eigenvalue weighted by Gasteiger charge is 2.32. The Bertz CT molecular complexity index is 815. The van der Waals surface area contributed by atoms with Gasteiger partial charge in [0.25, 0.3) is 5.91 Å². The summed E-state index contributed by atoms with van der Waals surface area (Å²) in [5.41, 5.74) is 0.468. The molecular weight excluding hydrogens is 365 g/mol. The fraction of sp³-hybridized carbons (Fsp3) is 0.235. The quantitative estimate of drug-likeness (QED) is 0.800. The van der Waals surface area contributed by atoms with Gasteiger partial charge in [0.1, 0.15) is 17.9 Å². The fourth-order valence-electron chi connectivity index (χ4n) is 2.23. The molecule has 1 aromatic carbocycles. The van der Waals surface area contributed by atoms with Crippen LogP contribution >= 0.6 is 23.2 Å². The van der Waals surface area contributed by atoms with Crippen LogP contribution in [0, 0.1) is 11.3 Å². The van der Waals surface area contributed by atoms with Gasteiger partial charge in [-0.3, -0.25) is 4.79 Å². The van der Waals surface area contributed by atoms with E-state index >= 15 is 0 Å². The lowest BCUT2D eigenvalue weighted by Crippen LogP contribution is -2.57. The summed E-state index contributed by atoms with van der Waals surface area (Å²) in [5.74, 6) is 0.688. The average molecular weight is 378 g/mol. The number of carbonyl (C=O) groups excluding carboxylic acids is 1. The molecule has 0 N–H and O–H groups in total. The van der Waals surface area contributed by atoms with E-state index in [-0.39, 0.29) is 18.6 Å². The van der Waals surface area contributed by atoms with Crippen molar-refractivity contribution in [2.45, 2.75) is 6.10 Å². The van der Waals surface area contributed by atoms with Crippen molar-refractivity contribution in [3.05, 3.63) is 52.1 Å². The summed E-state index contributed by atoms with van der Waals surface area (Å²) in [6, 6.07) is 10.1. The zero-order valence-electron chi connectivity index (χ0n) is 13.0. The van der Waals surface area contributed by atoms with Gasteiger partial charge < -0.3 is 14.4 Å². The maximum Gasteiger partial charge on any atom is 0.260 e. The van der Waals surface area contributed by atoms with Crippen LogP contribution in [0.3, 0.4) is 0 Å². The molecule has 0 radical (unpaired) electrons. The molecule has 6 nitrogen and oxygen atoms in total. The van der Waals surface area contributed by atoms with Crippen molar-refractivity contribution >= 4 is 29.1 Å². The van der Waals surface area contributed by atoms with Gasteiger partial charge in [0.15, 0.2) is 6.61 Å². The number of nitriles is 1. The molecule has 1 saturated heterocycles. The molecule has 1 fully saturated rings. The van der Waals surface area contributed by atoms with Crippen molar-refractivity contribution < 1.29 is 14.3 Å². The van der Waals surface area contributed by atoms with Gasteiger partial charge in [0.05, 0.1) is 23.7 Å². The highest BCUT2D eigenvalue weighted by molar-refractivity contribution is 6.35. The van der Waals surface area contributed by atoms with E-state index in [9.17, 15) is 4.79 Å². The molecule has 2 heterocycles. The van der Waals surface area contributed by atoms with E-state index in [4.69, 9.17) is 37.9 Å². The van der Waals surface area contributed by atoms with Gasteiger partial charge in [-0.2, -0.15) is 5.26 Å². The van der Waals surface area contributed by atoms with Crippen molar-refractivity contribution in [3.63, 3.8) is 0 Å². The predicted molar refractivity (Wildman–Crippen MR) is 91.9 cm³/mol. The summed E-state index contributed by atoms with van der Waals surface area (Å²) in [6.45, 7) is 0.805. The minimum atomic E-state index is -0.154. The topological polar surface area (TPSA) is 75.5 Å². The van der Waals surface area contributed by atoms with Crippen LogP contribution in [-0.4, -0.2) is 41.6 Å². The lowest BCUT2D eigenvalue weighted by Gasteiger charge is -2.38. The molecule has 0 aliphatic carbocycles. The first-order chi connectivity index (χ1) is 12.0. The lowest BCUT2D eigenvalue weighted by molar-refractivity contribution is -0.142. The SMILES string of the molecule is N#Cc1ccc(OC2CN(C(=O)COc3ccc(Cl)cc3Cl)C2)nc1. The second-order valence-corrected chi connectivity index (χ2v) is 6.24. The second-order valence-electron chi connectivity index (χ2n) is 5.40. The van der Waals surface area contributed by atoms with Gasteiger partial charge in [-0.05, 0) is 24.3 Å². The van der Waals surface area contributed by atoms with E-state index < -0.39 is 0 Å². The molecule has 1 amide bonds. The normalized spacial score (nSPS) is 13.7. The number of halogens is 2. The first kappa shape index (κ1) is 17.3. The molecule has 3 rings (SSSR count). The van der Waals surface area contributed by atoms with Gasteiger partial charge in [-0.25, -0.2) is 4.98 Å². The highest BCUT2D eigenvalue weighted by atomic mass is 35.5. The van der Waals surface area contributed by atoms with E-state index in [0.717, 1.165) is 0 Å². The number of aromatic nitrogens is 1. The molecule has 1 aromatic heterocycles. The summed E-state index contributed by atoms with van der Waals surface area (Å²) < 4.78 is 11.1. The Labute approximate surface area is 154 Å². The summed E-state index contributed by atoms with van der Waals surface area (Å²) in [4.78, 5) is 17.7. The second kappa shape index (κ2) is 7.60. The van der Waals surface area contributed by atoms with Crippen molar-refractivity contribution in [1.29, 1.82) is 5.26 Å². The van der Waals surface area contributed by atoms with Crippen LogP contribution in [0.4, 0.5) is 0 Å². The summed E-state index contributed by atoms with van der Waals surface area (Å²) >= 11 is 11.8. The Balaban J connectivity index is 1.44. The zero-order chi connectivity index (χ0) is 17.8. The largest absolute Gasteiger partial charge is 0.482 e. The van der Waals surface area contributed by atoms with Crippen LogP contribution in [0.25, 0.3) is 0 Å². The van der Waals surface area contributed by atoms with Crippen LogP contribution in [0.15, 0.2) is 36.5 Å². The summed E-state index contributed by atoms with van der Waals surface area (Å²) in [5, 5.41) is 9.59. The van der Waals surface area contributed by atoms with Gasteiger partial charge in [0, 0.05) is 17.3 Å². The van der Waals surface area contributed by atoms with Crippen LogP contribution in [-0.2, 0) is 4.79 Å². The fourth-order valence-corrected chi connectivity index (χ4v) is 2.69. The van der Waals surface area contributed by atoms with Crippen LogP contribution < -0.4 is 9.47 Å². The predicted octanol–water partition coefficient (Wildman–Crippen LogP) is 2.93. The number of carbonyl (C=O) groups is 1. The Morgan fingerprint density at radius 1 is 1.32 bits per heavy atom. The third-order valence-corrected chi connectivity index (χ3v) is 4.13. The number of rotatable bonds is 5. The Morgan fingerprint density at radius 2 is 2.12 bits per heavy atom. The number of pyridine rings is 1. The maximum absolute atomic E-state index is 12.1. The Morgan fingerprint density at radius 3 is 2.76 bits per heavy atom. The first-order valence-electron chi connectivity index (χ1n) is 7.43. The van der Waals surface area contributed by atoms with Crippen LogP contribution in [0.5, 0.6) is 11.6 Å². The molecule has 25 heavy (non-hydrogen) atoms. The number of amides is 1. The van der Waals surface area contributed by atoms with E-state index in [2.05, 4.69) is 4.98 Å². The van der Waals surface area contributed by atoms with Gasteiger partial charge >= 0.3 is 0 Å². The molecule has 128 valence electrons. The van der Waals surface area contributed by atoms with E-state index in [1.807, 2.05) is 6.07 Å². The molecular formula is C17H13Cl2N3O3. The third kappa shape index (κ3) is 4.32. The molecule has 0 atom stereocenters. The van der Waals surface area contributed by atoms with Gasteiger partial charge in [-0.1, -0.05) is 23.2 Å². The number of ether oxygens (including phenoxy) is 2. The van der Waals surface area contributed by atoms with E-state index in [0.29, 0.717) is 40.3 Å². The van der Waals surface area contributed by atoms with Crippen LogP contribution in [0.2, 0.25) is 10.0 Å². The molecule has 1 aliphatic rings. The number of benzene rings is 1. The maximum atomic E-state index is 12.1. The molecule has 0 bridgehead atoms. The lowest BCUT2D eigenvalue weighted by atomic mass is 10.1. The molecule has 1 aliphatic heterocycles. The van der Waals surface area contributed by atoms with Crippen molar-refractivity contribution in [3.8, 4) is 17.7 Å². The monoisotopic (exact) mass is 377 g/mol. The number of hydrogen-bond acceptors (Lipinski definition) is 5. The molecule has 0 saturated carbocycles. The summed E-state index contributed by atoms with van der Waals surface area (Å²) in [6.07, 6.45) is 1.32. The van der Waals surface area contributed by atoms with E-state index in [1.54, 1.807) is 35.2 Å². The van der Waals surface area contributed by atoms with Crippen LogP contribution in [0.1, 0.15) is 5.56 Å². The van der Waals surface area contributed by atoms with Gasteiger partial charge in [-0.15, -0.1) is 0 Å². The van der Waals surface area contributed by atoms with Gasteiger partial charge in [0.2, 0.25) is 5.88 Å².